The second-order valence-electron chi connectivity index (χ2n) is 12.1. The van der Waals surface area contributed by atoms with Crippen LogP contribution in [0.15, 0.2) is 36.0 Å². The highest BCUT2D eigenvalue weighted by Gasteiger charge is 2.58. The molecule has 9 atom stereocenters. The standard InChI is InChI=1S/C29H46O/c1-7-21(19(2)3)9-8-20(4)25-12-13-26-24-11-10-22-18-23(30)14-16-28(22,5)27(24)15-17-29(25,26)6/h8-11,18-21,23-27,30H,7,12-17H2,1-6H3/b9-8+/t20-,21-,23+,24+,25-,26+,27+,28+,29-/m1/s1. The van der Waals surface area contributed by atoms with Crippen LogP contribution in [0.4, 0.5) is 0 Å². The van der Waals surface area contributed by atoms with E-state index in [4.69, 9.17) is 0 Å². The maximum absolute atomic E-state index is 10.2. The van der Waals surface area contributed by atoms with Crippen LogP contribution in [0, 0.1) is 52.3 Å². The van der Waals surface area contributed by atoms with E-state index in [-0.39, 0.29) is 11.5 Å². The first-order chi connectivity index (χ1) is 14.2. The summed E-state index contributed by atoms with van der Waals surface area (Å²) in [6.45, 7) is 14.7. The van der Waals surface area contributed by atoms with Crippen LogP contribution in [0.2, 0.25) is 0 Å². The predicted octanol–water partition coefficient (Wildman–Crippen LogP) is 7.58. The minimum Gasteiger partial charge on any atom is -0.389 e. The molecule has 4 rings (SSSR count). The monoisotopic (exact) mass is 410 g/mol. The number of hydrogen-bond acceptors (Lipinski definition) is 1. The maximum atomic E-state index is 10.2. The zero-order chi connectivity index (χ0) is 21.7. The lowest BCUT2D eigenvalue weighted by Gasteiger charge is -2.56. The lowest BCUT2D eigenvalue weighted by atomic mass is 9.48. The third-order valence-electron chi connectivity index (χ3n) is 10.3. The molecule has 0 aromatic carbocycles. The molecule has 0 saturated heterocycles. The van der Waals surface area contributed by atoms with Gasteiger partial charge in [0.25, 0.3) is 0 Å². The van der Waals surface area contributed by atoms with Gasteiger partial charge in [-0.25, -0.2) is 0 Å². The summed E-state index contributed by atoms with van der Waals surface area (Å²) in [5, 5.41) is 10.2. The van der Waals surface area contributed by atoms with Gasteiger partial charge in [0.1, 0.15) is 0 Å². The summed E-state index contributed by atoms with van der Waals surface area (Å²) >= 11 is 0. The average molecular weight is 411 g/mol. The first kappa shape index (κ1) is 22.4. The SMILES string of the molecule is CC[C@H](/C=C/[C@@H](C)[C@H]1CC[C@H]2[C@@H]3C=CC4=C[C@@H](O)CC[C@]4(C)[C@H]3CC[C@]12C)C(C)C. The second kappa shape index (κ2) is 8.27. The molecule has 1 N–H and O–H groups in total. The molecule has 0 aromatic rings. The lowest BCUT2D eigenvalue weighted by molar-refractivity contribution is -0.0254. The summed E-state index contributed by atoms with van der Waals surface area (Å²) in [5.41, 5.74) is 2.20. The molecule has 0 aliphatic heterocycles. The van der Waals surface area contributed by atoms with Gasteiger partial charge in [-0.3, -0.25) is 0 Å². The van der Waals surface area contributed by atoms with Crippen LogP contribution < -0.4 is 0 Å². The third-order valence-corrected chi connectivity index (χ3v) is 10.3. The molecule has 2 saturated carbocycles. The van der Waals surface area contributed by atoms with Crippen molar-refractivity contribution >= 4 is 0 Å². The first-order valence-corrected chi connectivity index (χ1v) is 13.0. The largest absolute Gasteiger partial charge is 0.389 e. The molecular formula is C29H46O. The van der Waals surface area contributed by atoms with Crippen LogP contribution in [0.1, 0.15) is 86.5 Å². The molecule has 2 fully saturated rings. The van der Waals surface area contributed by atoms with Gasteiger partial charge in [-0.05, 0) is 103 Å². The van der Waals surface area contributed by atoms with Gasteiger partial charge in [0.05, 0.1) is 6.10 Å². The quantitative estimate of drug-likeness (QED) is 0.463. The molecule has 30 heavy (non-hydrogen) atoms. The second-order valence-corrected chi connectivity index (χ2v) is 12.1. The van der Waals surface area contributed by atoms with Crippen LogP contribution in [0.3, 0.4) is 0 Å². The Morgan fingerprint density at radius 1 is 1.03 bits per heavy atom. The van der Waals surface area contributed by atoms with Crippen molar-refractivity contribution in [2.75, 3.05) is 0 Å². The Kier molecular flexibility index (Phi) is 6.17. The van der Waals surface area contributed by atoms with E-state index >= 15 is 0 Å². The van der Waals surface area contributed by atoms with E-state index in [1.165, 1.54) is 37.7 Å². The molecule has 0 radical (unpaired) electrons. The van der Waals surface area contributed by atoms with Gasteiger partial charge in [-0.15, -0.1) is 0 Å². The van der Waals surface area contributed by atoms with Crippen molar-refractivity contribution in [3.63, 3.8) is 0 Å². The Hall–Kier alpha value is -0.820. The van der Waals surface area contributed by atoms with E-state index in [0.29, 0.717) is 11.3 Å². The van der Waals surface area contributed by atoms with Crippen LogP contribution >= 0.6 is 0 Å². The zero-order valence-corrected chi connectivity index (χ0v) is 20.4. The van der Waals surface area contributed by atoms with Gasteiger partial charge in [0, 0.05) is 0 Å². The lowest BCUT2D eigenvalue weighted by Crippen LogP contribution is -2.49. The summed E-state index contributed by atoms with van der Waals surface area (Å²) in [6, 6.07) is 0. The molecule has 0 aromatic heterocycles. The van der Waals surface area contributed by atoms with E-state index in [1.807, 2.05) is 0 Å². The number of aliphatic hydroxyl groups excluding tert-OH is 1. The van der Waals surface area contributed by atoms with Crippen LogP contribution in [-0.4, -0.2) is 11.2 Å². The van der Waals surface area contributed by atoms with Crippen molar-refractivity contribution in [1.29, 1.82) is 0 Å². The zero-order valence-electron chi connectivity index (χ0n) is 20.4. The molecule has 1 nitrogen and oxygen atoms in total. The van der Waals surface area contributed by atoms with Gasteiger partial charge in [0.15, 0.2) is 0 Å². The molecule has 0 heterocycles. The molecule has 4 aliphatic carbocycles. The van der Waals surface area contributed by atoms with Gasteiger partial charge < -0.3 is 5.11 Å². The van der Waals surface area contributed by atoms with Crippen molar-refractivity contribution in [1.82, 2.24) is 0 Å². The average Bonchev–Trinajstić information content (AvgIpc) is 3.06. The fourth-order valence-electron chi connectivity index (χ4n) is 8.33. The first-order valence-electron chi connectivity index (χ1n) is 13.0. The van der Waals surface area contributed by atoms with Crippen molar-refractivity contribution in [3.05, 3.63) is 36.0 Å². The highest BCUT2D eigenvalue weighted by Crippen LogP contribution is 2.66. The Labute approximate surface area is 186 Å². The molecule has 0 unspecified atom stereocenters. The third kappa shape index (κ3) is 3.58. The fraction of sp³-hybridized carbons (Fsp3) is 0.793. The summed E-state index contributed by atoms with van der Waals surface area (Å²) in [7, 11) is 0. The van der Waals surface area contributed by atoms with Crippen molar-refractivity contribution in [2.45, 2.75) is 92.6 Å². The van der Waals surface area contributed by atoms with Gasteiger partial charge >= 0.3 is 0 Å². The minimum absolute atomic E-state index is 0.232. The number of aliphatic hydroxyl groups is 1. The van der Waals surface area contributed by atoms with Crippen molar-refractivity contribution < 1.29 is 5.11 Å². The molecule has 0 spiro atoms. The van der Waals surface area contributed by atoms with E-state index < -0.39 is 0 Å². The normalized spacial score (nSPS) is 45.1. The minimum atomic E-state index is -0.232. The van der Waals surface area contributed by atoms with Crippen LogP contribution in [0.25, 0.3) is 0 Å². The topological polar surface area (TPSA) is 20.2 Å². The Morgan fingerprint density at radius 3 is 2.50 bits per heavy atom. The van der Waals surface area contributed by atoms with E-state index in [2.05, 4.69) is 71.9 Å². The smallest absolute Gasteiger partial charge is 0.0727 e. The summed E-state index contributed by atoms with van der Waals surface area (Å²) < 4.78 is 0. The van der Waals surface area contributed by atoms with E-state index in [1.54, 1.807) is 0 Å². The number of hydrogen-bond donors (Lipinski definition) is 1. The molecule has 0 amide bonds. The summed E-state index contributed by atoms with van der Waals surface area (Å²) in [6.07, 6.45) is 20.9. The highest BCUT2D eigenvalue weighted by molar-refractivity contribution is 5.36. The molecule has 0 bridgehead atoms. The van der Waals surface area contributed by atoms with Gasteiger partial charge in [-0.2, -0.15) is 0 Å². The van der Waals surface area contributed by atoms with E-state index in [0.717, 1.165) is 48.3 Å². The Morgan fingerprint density at radius 2 is 1.80 bits per heavy atom. The number of fused-ring (bicyclic) bond motifs is 5. The Balaban J connectivity index is 1.55. The highest BCUT2D eigenvalue weighted by atomic mass is 16.3. The van der Waals surface area contributed by atoms with Gasteiger partial charge in [0.2, 0.25) is 0 Å². The fourth-order valence-corrected chi connectivity index (χ4v) is 8.33. The van der Waals surface area contributed by atoms with Crippen LogP contribution in [-0.2, 0) is 0 Å². The molecule has 168 valence electrons. The number of allylic oxidation sites excluding steroid dienone is 5. The van der Waals surface area contributed by atoms with Gasteiger partial charge in [-0.1, -0.05) is 71.9 Å². The summed E-state index contributed by atoms with van der Waals surface area (Å²) in [5.74, 6) is 5.33. The molecule has 4 aliphatic rings. The van der Waals surface area contributed by atoms with Crippen molar-refractivity contribution in [3.8, 4) is 0 Å². The summed E-state index contributed by atoms with van der Waals surface area (Å²) in [4.78, 5) is 0. The predicted molar refractivity (Wildman–Crippen MR) is 128 cm³/mol. The van der Waals surface area contributed by atoms with Crippen molar-refractivity contribution in [2.24, 2.45) is 52.3 Å². The van der Waals surface area contributed by atoms with E-state index in [9.17, 15) is 5.11 Å². The number of rotatable bonds is 5. The maximum Gasteiger partial charge on any atom is 0.0727 e. The Bertz CT molecular complexity index is 714. The molecule has 1 heteroatoms. The molecular weight excluding hydrogens is 364 g/mol. The van der Waals surface area contributed by atoms with Crippen LogP contribution in [0.5, 0.6) is 0 Å².